The van der Waals surface area contributed by atoms with E-state index >= 15 is 0 Å². The molecule has 1 amide bonds. The lowest BCUT2D eigenvalue weighted by Crippen LogP contribution is -2.40. The Balaban J connectivity index is 0.00000308. The number of anilines is 2. The summed E-state index contributed by atoms with van der Waals surface area (Å²) in [6.45, 7) is 3.16. The molecule has 194 valence electrons. The number of nitriles is 1. The summed E-state index contributed by atoms with van der Waals surface area (Å²) in [6, 6.07) is 0.919. The number of aromatic nitrogens is 8. The maximum Gasteiger partial charge on any atom is 0.333 e. The van der Waals surface area contributed by atoms with Crippen LogP contribution in [0.25, 0.3) is 22.4 Å². The van der Waals surface area contributed by atoms with Crippen molar-refractivity contribution in [2.75, 3.05) is 23.3 Å². The molecule has 2 fully saturated rings. The molecule has 0 bridgehead atoms. The number of carbonyl (C=O) groups is 1. The second-order valence-electron chi connectivity index (χ2n) is 9.60. The Morgan fingerprint density at radius 1 is 1.18 bits per heavy atom. The van der Waals surface area contributed by atoms with Crippen LogP contribution in [0.4, 0.5) is 11.8 Å². The van der Waals surface area contributed by atoms with Crippen LogP contribution in [0.5, 0.6) is 0 Å². The number of fused-ring (bicyclic) bond motifs is 2. The number of hydrogen-bond donors (Lipinski definition) is 1. The highest BCUT2D eigenvalue weighted by molar-refractivity contribution is 5.93. The van der Waals surface area contributed by atoms with Crippen LogP contribution in [0.15, 0.2) is 40.7 Å². The quantitative estimate of drug-likeness (QED) is 0.383. The van der Waals surface area contributed by atoms with Gasteiger partial charge in [0.15, 0.2) is 17.0 Å². The van der Waals surface area contributed by atoms with Gasteiger partial charge in [0.2, 0.25) is 11.9 Å². The van der Waals surface area contributed by atoms with E-state index in [0.717, 1.165) is 29.5 Å². The maximum atomic E-state index is 13.1. The Morgan fingerprint density at radius 3 is 2.63 bits per heavy atom. The van der Waals surface area contributed by atoms with Gasteiger partial charge in [-0.3, -0.25) is 19.1 Å². The first kappa shape index (κ1) is 23.5. The van der Waals surface area contributed by atoms with E-state index in [1.165, 1.54) is 35.1 Å². The van der Waals surface area contributed by atoms with Crippen molar-refractivity contribution in [3.63, 3.8) is 0 Å². The number of piperidine rings is 1. The lowest BCUT2D eigenvalue weighted by molar-refractivity contribution is -0.118. The van der Waals surface area contributed by atoms with Gasteiger partial charge in [0.25, 0.3) is 5.56 Å². The van der Waals surface area contributed by atoms with E-state index in [1.807, 2.05) is 6.07 Å². The highest BCUT2D eigenvalue weighted by Crippen LogP contribution is 2.45. The highest BCUT2D eigenvalue weighted by atomic mass is 16.2. The third kappa shape index (κ3) is 3.88. The molecule has 4 aromatic rings. The molecular weight excluding hydrogens is 490 g/mol. The van der Waals surface area contributed by atoms with Crippen LogP contribution in [0.1, 0.15) is 20.8 Å². The van der Waals surface area contributed by atoms with Crippen molar-refractivity contribution in [1.29, 1.82) is 5.26 Å². The molecule has 1 aliphatic carbocycles. The summed E-state index contributed by atoms with van der Waals surface area (Å²) in [7, 11) is 1.45. The van der Waals surface area contributed by atoms with Crippen LogP contribution in [0.3, 0.4) is 0 Å². The number of nitrogens with zero attached hydrogens (tertiary/aromatic N) is 10. The minimum Gasteiger partial charge on any atom is -0.340 e. The average Bonchev–Trinajstić information content (AvgIpc) is 3.32. The first-order chi connectivity index (χ1) is 18.4. The van der Waals surface area contributed by atoms with Gasteiger partial charge in [-0.25, -0.2) is 29.3 Å². The molecule has 3 atom stereocenters. The van der Waals surface area contributed by atoms with Crippen molar-refractivity contribution in [3.05, 3.63) is 52.0 Å². The molecule has 38 heavy (non-hydrogen) atoms. The summed E-state index contributed by atoms with van der Waals surface area (Å²) in [6.07, 6.45) is 8.98. The fraction of sp³-hybridized carbons (Fsp3) is 0.375. The van der Waals surface area contributed by atoms with Crippen LogP contribution >= 0.6 is 0 Å². The van der Waals surface area contributed by atoms with Gasteiger partial charge in [0, 0.05) is 39.5 Å². The van der Waals surface area contributed by atoms with Crippen LogP contribution in [0, 0.1) is 23.2 Å². The smallest absolute Gasteiger partial charge is 0.333 e. The molecule has 4 aromatic heterocycles. The first-order valence-corrected chi connectivity index (χ1v) is 12.1. The first-order valence-electron chi connectivity index (χ1n) is 12.1. The largest absolute Gasteiger partial charge is 0.340 e. The third-order valence-corrected chi connectivity index (χ3v) is 7.16. The molecule has 2 aliphatic rings. The second-order valence-corrected chi connectivity index (χ2v) is 9.60. The lowest BCUT2D eigenvalue weighted by atomic mass is 10.2. The normalized spacial score (nSPS) is 18.7. The Morgan fingerprint density at radius 2 is 1.92 bits per heavy atom. The number of hydrogen-bond acceptors (Lipinski definition) is 10. The molecule has 0 radical (unpaired) electrons. The van der Waals surface area contributed by atoms with E-state index in [4.69, 9.17) is 5.26 Å². The van der Waals surface area contributed by atoms with Gasteiger partial charge in [0.1, 0.15) is 12.6 Å². The van der Waals surface area contributed by atoms with Crippen LogP contribution in [-0.4, -0.2) is 57.6 Å². The average molecular weight is 516 g/mol. The fourth-order valence-corrected chi connectivity index (χ4v) is 4.89. The van der Waals surface area contributed by atoms with Gasteiger partial charge < -0.3 is 14.8 Å². The molecular formula is C24H25N11O3. The van der Waals surface area contributed by atoms with Gasteiger partial charge in [-0.2, -0.15) is 5.26 Å². The van der Waals surface area contributed by atoms with E-state index in [0.29, 0.717) is 17.2 Å². The van der Waals surface area contributed by atoms with E-state index in [-0.39, 0.29) is 18.4 Å². The number of nitrogens with one attached hydrogen (secondary N) is 1. The van der Waals surface area contributed by atoms with Crippen molar-refractivity contribution in [2.24, 2.45) is 18.9 Å². The van der Waals surface area contributed by atoms with Crippen molar-refractivity contribution in [1.82, 2.24) is 38.6 Å². The summed E-state index contributed by atoms with van der Waals surface area (Å²) in [4.78, 5) is 62.5. The van der Waals surface area contributed by atoms with Crippen LogP contribution in [0.2, 0.25) is 0 Å². The van der Waals surface area contributed by atoms with Gasteiger partial charge >= 0.3 is 5.69 Å². The number of rotatable bonds is 6. The van der Waals surface area contributed by atoms with Crippen molar-refractivity contribution in [2.45, 2.75) is 25.9 Å². The van der Waals surface area contributed by atoms with Gasteiger partial charge in [-0.15, -0.1) is 0 Å². The number of aryl methyl sites for hydroxylation is 1. The molecule has 1 aliphatic heterocycles. The summed E-state index contributed by atoms with van der Waals surface area (Å²) in [5.41, 5.74) is -0.0454. The Kier molecular flexibility index (Phi) is 5.48. The lowest BCUT2D eigenvalue weighted by Gasteiger charge is -2.17. The molecule has 1 saturated heterocycles. The molecule has 1 N–H and O–H groups in total. The molecule has 14 nitrogen and oxygen atoms in total. The molecule has 5 heterocycles. The number of imidazole rings is 1. The standard InChI is InChI=1S/C24H23N11O3.H2/c1-13(35-12-29-20-19(35)22(37)34(4-3-25)24(38)32(20)2)21(36)31-18-9-26-8-17(30-18)16-6-27-23(28-7-16)33-10-14-5-15(14)11-33;/h6-9,12-15H,4-5,10-11H2,1-2H3,(H,30,31,36);1H/t13-,14?,15?;/m0./s1. The highest BCUT2D eigenvalue weighted by Gasteiger charge is 2.45. The Bertz CT molecular complexity index is 1730. The Labute approximate surface area is 216 Å². The Hall–Kier alpha value is -4.93. The summed E-state index contributed by atoms with van der Waals surface area (Å²) >= 11 is 0. The van der Waals surface area contributed by atoms with Crippen LogP contribution in [-0.2, 0) is 18.4 Å². The van der Waals surface area contributed by atoms with Crippen LogP contribution < -0.4 is 21.5 Å². The maximum absolute atomic E-state index is 13.1. The molecule has 14 heteroatoms. The van der Waals surface area contributed by atoms with Crippen molar-refractivity contribution >= 4 is 28.8 Å². The zero-order valence-corrected chi connectivity index (χ0v) is 20.6. The number of carbonyl (C=O) groups excluding carboxylic acids is 1. The zero-order chi connectivity index (χ0) is 26.6. The summed E-state index contributed by atoms with van der Waals surface area (Å²) in [5.74, 6) is 1.98. The zero-order valence-electron chi connectivity index (χ0n) is 20.6. The molecule has 2 unspecified atom stereocenters. The van der Waals surface area contributed by atoms with E-state index in [9.17, 15) is 14.4 Å². The number of amides is 1. The third-order valence-electron chi connectivity index (χ3n) is 7.16. The van der Waals surface area contributed by atoms with Gasteiger partial charge in [-0.05, 0) is 25.2 Å². The SMILES string of the molecule is C[C@@H](C(=O)Nc1cncc(-c2cnc(N3CC4CC4C3)nc2)n1)n1cnc2c1c(=O)n(CC#N)c(=O)n2C.[HH]. The predicted octanol–water partition coefficient (Wildman–Crippen LogP) is 0.569. The second kappa shape index (κ2) is 8.87. The summed E-state index contributed by atoms with van der Waals surface area (Å²) < 4.78 is 3.34. The molecule has 1 saturated carbocycles. The van der Waals surface area contributed by atoms with E-state index in [2.05, 4.69) is 35.1 Å². The van der Waals surface area contributed by atoms with Crippen molar-refractivity contribution < 1.29 is 6.22 Å². The van der Waals surface area contributed by atoms with Crippen molar-refractivity contribution in [3.8, 4) is 17.3 Å². The summed E-state index contributed by atoms with van der Waals surface area (Å²) in [5, 5.41) is 11.7. The monoisotopic (exact) mass is 515 g/mol. The molecule has 6 rings (SSSR count). The fourth-order valence-electron chi connectivity index (χ4n) is 4.89. The molecule has 0 spiro atoms. The minimum absolute atomic E-state index is 0. The molecule has 0 aromatic carbocycles. The van der Waals surface area contributed by atoms with Gasteiger partial charge in [0.05, 0.1) is 30.5 Å². The van der Waals surface area contributed by atoms with E-state index < -0.39 is 29.7 Å². The minimum atomic E-state index is -0.888. The van der Waals surface area contributed by atoms with E-state index in [1.54, 1.807) is 25.5 Å². The predicted molar refractivity (Wildman–Crippen MR) is 137 cm³/mol. The topological polar surface area (TPSA) is 170 Å². The van der Waals surface area contributed by atoms with Gasteiger partial charge in [-0.1, -0.05) is 0 Å².